The van der Waals surface area contributed by atoms with Gasteiger partial charge in [0, 0.05) is 6.42 Å². The minimum absolute atomic E-state index is 0.254. The zero-order chi connectivity index (χ0) is 46.0. The topological polar surface area (TPSA) is 169 Å². The molecule has 1 aliphatic heterocycles. The smallest absolute Gasteiger partial charge is 0.220 e. The summed E-state index contributed by atoms with van der Waals surface area (Å²) in [5.41, 5.74) is 0. The molecule has 1 amide bonds. The highest BCUT2D eigenvalue weighted by Crippen LogP contribution is 2.23. The van der Waals surface area contributed by atoms with Crippen molar-refractivity contribution in [3.8, 4) is 0 Å². The van der Waals surface area contributed by atoms with E-state index in [9.17, 15) is 35.4 Å². The number of ether oxygens (including phenoxy) is 2. The van der Waals surface area contributed by atoms with Gasteiger partial charge in [-0.25, -0.2) is 0 Å². The van der Waals surface area contributed by atoms with E-state index in [1.54, 1.807) is 0 Å². The second kappa shape index (κ2) is 43.7. The third-order valence-corrected chi connectivity index (χ3v) is 13.6. The molecular weight excluding hydrogens is 795 g/mol. The molecule has 376 valence electrons. The van der Waals surface area contributed by atoms with Gasteiger partial charge in [-0.05, 0) is 12.8 Å². The highest BCUT2D eigenvalue weighted by atomic mass is 16.7. The Hall–Kier alpha value is -0.850. The van der Waals surface area contributed by atoms with Gasteiger partial charge in [0.15, 0.2) is 6.29 Å². The van der Waals surface area contributed by atoms with Gasteiger partial charge in [0.25, 0.3) is 0 Å². The summed E-state index contributed by atoms with van der Waals surface area (Å²) >= 11 is 0. The minimum atomic E-state index is -1.60. The molecule has 63 heavy (non-hydrogen) atoms. The number of nitrogens with one attached hydrogen (secondary N) is 1. The van der Waals surface area contributed by atoms with Crippen LogP contribution < -0.4 is 5.32 Å². The maximum atomic E-state index is 13.0. The van der Waals surface area contributed by atoms with Crippen molar-refractivity contribution >= 4 is 5.91 Å². The molecule has 0 aliphatic carbocycles. The van der Waals surface area contributed by atoms with E-state index in [-0.39, 0.29) is 18.9 Å². The van der Waals surface area contributed by atoms with E-state index in [0.717, 1.165) is 44.9 Å². The third kappa shape index (κ3) is 33.3. The summed E-state index contributed by atoms with van der Waals surface area (Å²) in [4.78, 5) is 13.0. The SMILES string of the molecule is CCCCCCCCCCCCCCCCCCCCCCCCCCCCCCCCC(=O)N[C@@H](CO[C@@H]1O[C@H](CO)[C@H](O)C(O)C1O)[C@H](O)[C@H](O)CCCCCCCCCC. The lowest BCUT2D eigenvalue weighted by atomic mass is 9.98. The van der Waals surface area contributed by atoms with Crippen LogP contribution in [0.5, 0.6) is 0 Å². The Bertz CT molecular complexity index is 973. The first-order chi connectivity index (χ1) is 30.8. The molecule has 0 spiro atoms. The number of amides is 1. The fourth-order valence-corrected chi connectivity index (χ4v) is 9.14. The maximum absolute atomic E-state index is 13.0. The van der Waals surface area contributed by atoms with Crippen LogP contribution in [0.1, 0.15) is 271 Å². The molecule has 0 saturated carbocycles. The van der Waals surface area contributed by atoms with Crippen LogP contribution in [0.25, 0.3) is 0 Å². The van der Waals surface area contributed by atoms with Gasteiger partial charge in [0.1, 0.15) is 30.5 Å². The highest BCUT2D eigenvalue weighted by Gasteiger charge is 2.44. The van der Waals surface area contributed by atoms with Crippen LogP contribution in [0.4, 0.5) is 0 Å². The van der Waals surface area contributed by atoms with Gasteiger partial charge in [-0.1, -0.05) is 251 Å². The van der Waals surface area contributed by atoms with Gasteiger partial charge in [0.2, 0.25) is 5.91 Å². The van der Waals surface area contributed by atoms with E-state index >= 15 is 0 Å². The molecule has 1 saturated heterocycles. The Labute approximate surface area is 387 Å². The van der Waals surface area contributed by atoms with E-state index in [1.165, 1.54) is 199 Å². The number of carbonyl (C=O) groups excluding carboxylic acids is 1. The summed E-state index contributed by atoms with van der Waals surface area (Å²) in [6, 6.07) is -0.984. The molecule has 7 N–H and O–H groups in total. The van der Waals surface area contributed by atoms with Crippen LogP contribution in [0.3, 0.4) is 0 Å². The lowest BCUT2D eigenvalue weighted by molar-refractivity contribution is -0.303. The average molecular weight is 900 g/mol. The molecule has 0 aromatic carbocycles. The van der Waals surface area contributed by atoms with Gasteiger partial charge in [-0.3, -0.25) is 4.79 Å². The van der Waals surface area contributed by atoms with Crippen LogP contribution in [-0.2, 0) is 14.3 Å². The Kier molecular flexibility index (Phi) is 41.7. The van der Waals surface area contributed by atoms with Crippen molar-refractivity contribution in [1.29, 1.82) is 0 Å². The van der Waals surface area contributed by atoms with Crippen LogP contribution in [0, 0.1) is 0 Å². The third-order valence-electron chi connectivity index (χ3n) is 13.6. The van der Waals surface area contributed by atoms with Crippen molar-refractivity contribution in [2.75, 3.05) is 13.2 Å². The first kappa shape index (κ1) is 60.2. The maximum Gasteiger partial charge on any atom is 0.220 e. The van der Waals surface area contributed by atoms with Gasteiger partial charge >= 0.3 is 0 Å². The second-order valence-electron chi connectivity index (χ2n) is 19.5. The molecule has 1 aliphatic rings. The van der Waals surface area contributed by atoms with Gasteiger partial charge in [0.05, 0.1) is 25.4 Å². The number of aliphatic hydroxyl groups is 6. The van der Waals surface area contributed by atoms with E-state index < -0.39 is 55.6 Å². The zero-order valence-electron chi connectivity index (χ0n) is 41.2. The molecule has 1 fully saturated rings. The number of hydrogen-bond acceptors (Lipinski definition) is 9. The summed E-state index contributed by atoms with van der Waals surface area (Å²) in [5.74, 6) is -0.254. The summed E-state index contributed by atoms with van der Waals surface area (Å²) in [5, 5.41) is 65.1. The van der Waals surface area contributed by atoms with E-state index in [2.05, 4.69) is 19.2 Å². The lowest BCUT2D eigenvalue weighted by Crippen LogP contribution is -2.60. The monoisotopic (exact) mass is 900 g/mol. The predicted molar refractivity (Wildman–Crippen MR) is 260 cm³/mol. The lowest BCUT2D eigenvalue weighted by Gasteiger charge is -2.40. The van der Waals surface area contributed by atoms with E-state index in [1.807, 2.05) is 0 Å². The number of hydrogen-bond donors (Lipinski definition) is 7. The van der Waals surface area contributed by atoms with Crippen molar-refractivity contribution in [3.63, 3.8) is 0 Å². The molecule has 2 unspecified atom stereocenters. The van der Waals surface area contributed by atoms with Crippen molar-refractivity contribution in [2.45, 2.75) is 320 Å². The second-order valence-corrected chi connectivity index (χ2v) is 19.5. The Balaban J connectivity index is 2.11. The van der Waals surface area contributed by atoms with E-state index in [0.29, 0.717) is 6.42 Å². The van der Waals surface area contributed by atoms with E-state index in [4.69, 9.17) is 9.47 Å². The molecule has 1 rings (SSSR count). The van der Waals surface area contributed by atoms with Gasteiger partial charge in [-0.2, -0.15) is 0 Å². The molecule has 10 nitrogen and oxygen atoms in total. The molecule has 0 aromatic heterocycles. The fourth-order valence-electron chi connectivity index (χ4n) is 9.14. The highest BCUT2D eigenvalue weighted by molar-refractivity contribution is 5.76. The molecule has 10 heteroatoms. The van der Waals surface area contributed by atoms with Crippen molar-refractivity contribution in [2.24, 2.45) is 0 Å². The van der Waals surface area contributed by atoms with Crippen molar-refractivity contribution < 1.29 is 44.9 Å². The molecule has 0 aromatic rings. The van der Waals surface area contributed by atoms with Gasteiger partial charge < -0.3 is 45.4 Å². The molecule has 0 radical (unpaired) electrons. The first-order valence-electron chi connectivity index (χ1n) is 27.3. The normalized spacial score (nSPS) is 20.5. The minimum Gasteiger partial charge on any atom is -0.394 e. The van der Waals surface area contributed by atoms with Crippen LogP contribution in [0.2, 0.25) is 0 Å². The quantitative estimate of drug-likeness (QED) is 0.0294. The Morgan fingerprint density at radius 3 is 1.17 bits per heavy atom. The van der Waals surface area contributed by atoms with Gasteiger partial charge in [-0.15, -0.1) is 0 Å². The average Bonchev–Trinajstić information content (AvgIpc) is 3.28. The summed E-state index contributed by atoms with van der Waals surface area (Å²) in [6.45, 7) is 3.60. The largest absolute Gasteiger partial charge is 0.394 e. The predicted octanol–water partition coefficient (Wildman–Crippen LogP) is 11.7. The molecule has 1 heterocycles. The number of unbranched alkanes of at least 4 members (excludes halogenated alkanes) is 36. The molecular formula is C53H105NO9. The molecule has 0 bridgehead atoms. The van der Waals surface area contributed by atoms with Crippen molar-refractivity contribution in [3.05, 3.63) is 0 Å². The van der Waals surface area contributed by atoms with Crippen LogP contribution >= 0.6 is 0 Å². The standard InChI is InChI=1S/C53H105NO9/c1-3-5-7-9-11-13-14-15-16-17-18-19-20-21-22-23-24-25-26-27-28-29-30-31-32-33-34-36-38-40-42-48(57)54-45(44-62-53-52(61)51(60)50(59)47(43-55)63-53)49(58)46(56)41-39-37-35-12-10-8-6-4-2/h45-47,49-53,55-56,58-61H,3-44H2,1-2H3,(H,54,57)/t45-,46+,47+,49-,50-,51?,52?,53+/m0/s1. The van der Waals surface area contributed by atoms with Crippen LogP contribution in [-0.4, -0.2) is 98.7 Å². The fraction of sp³-hybridized carbons (Fsp3) is 0.981. The molecule has 8 atom stereocenters. The van der Waals surface area contributed by atoms with Crippen LogP contribution in [0.15, 0.2) is 0 Å². The Morgan fingerprint density at radius 2 is 0.825 bits per heavy atom. The summed E-state index contributed by atoms with van der Waals surface area (Å²) in [7, 11) is 0. The number of rotatable bonds is 47. The zero-order valence-corrected chi connectivity index (χ0v) is 41.2. The number of aliphatic hydroxyl groups excluding tert-OH is 6. The number of carbonyl (C=O) groups is 1. The Morgan fingerprint density at radius 1 is 0.492 bits per heavy atom. The first-order valence-corrected chi connectivity index (χ1v) is 27.3. The summed E-state index contributed by atoms with van der Waals surface area (Å²) in [6.07, 6.45) is 40.2. The van der Waals surface area contributed by atoms with Crippen molar-refractivity contribution in [1.82, 2.24) is 5.32 Å². The summed E-state index contributed by atoms with van der Waals surface area (Å²) < 4.78 is 11.2.